The molecule has 9 rings (SSSR count). The predicted molar refractivity (Wildman–Crippen MR) is 207 cm³/mol. The third-order valence-corrected chi connectivity index (χ3v) is 8.65. The van der Waals surface area contributed by atoms with Gasteiger partial charge in [-0.25, -0.2) is 4.98 Å². The standard InChI is InChI=1S/C47H34N2/c1-2-45-48-43-22-12-13-23-44(43)49(45)36-30-28-33(29-31-36)32-24-26-35(27-25-32)46-39-18-8-10-20-41(39)47(42-21-11-9-19-40(42)46)38-17-7-6-16-37(38)34-14-4-3-5-15-34/h3-31H,2H2,1H3/i1D3,2D2,3D,4D,5D,8D,9D,10D,11D,14D,15D,18D,19D,20D,21D. The number of benzene rings is 8. The Bertz CT molecular complexity index is 3450. The second-order valence-corrected chi connectivity index (χ2v) is 11.3. The number of fused-ring (bicyclic) bond motifs is 3. The first-order chi connectivity index (χ1) is 31.6. The maximum absolute atomic E-state index is 9.37. The summed E-state index contributed by atoms with van der Waals surface area (Å²) in [5, 5.41) is -0.391. The Morgan fingerprint density at radius 1 is 0.531 bits per heavy atom. The summed E-state index contributed by atoms with van der Waals surface area (Å²) in [6, 6.07) is 19.2. The Morgan fingerprint density at radius 2 is 1.06 bits per heavy atom. The van der Waals surface area contributed by atoms with Gasteiger partial charge in [-0.1, -0.05) is 158 Å². The second kappa shape index (κ2) is 12.1. The number of hydrogen-bond acceptors (Lipinski definition) is 1. The molecule has 0 fully saturated rings. The number of aryl methyl sites for hydroxylation is 1. The maximum atomic E-state index is 9.37. The van der Waals surface area contributed by atoms with Crippen LogP contribution in [-0.2, 0) is 6.37 Å². The lowest BCUT2D eigenvalue weighted by molar-refractivity contribution is 0.908. The van der Waals surface area contributed by atoms with Crippen LogP contribution in [0.1, 0.15) is 37.3 Å². The first-order valence-corrected chi connectivity index (χ1v) is 15.4. The molecule has 1 aromatic heterocycles. The largest absolute Gasteiger partial charge is 0.296 e. The zero-order chi connectivity index (χ0) is 48.3. The maximum Gasteiger partial charge on any atom is 0.114 e. The monoisotopic (exact) mass is 644 g/mol. The molecule has 0 amide bonds. The minimum absolute atomic E-state index is 0.0485. The summed E-state index contributed by atoms with van der Waals surface area (Å²) in [4.78, 5) is 4.39. The molecule has 0 aliphatic carbocycles. The molecule has 2 nitrogen and oxygen atoms in total. The average Bonchev–Trinajstić information content (AvgIpc) is 3.72. The highest BCUT2D eigenvalue weighted by molar-refractivity contribution is 6.22. The van der Waals surface area contributed by atoms with E-state index in [-0.39, 0.29) is 55.2 Å². The lowest BCUT2D eigenvalue weighted by Gasteiger charge is -2.19. The molecule has 0 N–H and O–H groups in total. The molecule has 232 valence electrons. The summed E-state index contributed by atoms with van der Waals surface area (Å²) in [6.45, 7) is -3.02. The molecule has 0 radical (unpaired) electrons. The van der Waals surface area contributed by atoms with E-state index in [4.69, 9.17) is 19.2 Å². The van der Waals surface area contributed by atoms with Crippen LogP contribution in [0.15, 0.2) is 176 Å². The van der Waals surface area contributed by atoms with E-state index in [1.807, 2.05) is 0 Å². The van der Waals surface area contributed by atoms with Gasteiger partial charge in [-0.3, -0.25) is 4.57 Å². The van der Waals surface area contributed by atoms with E-state index in [0.29, 0.717) is 33.4 Å². The van der Waals surface area contributed by atoms with E-state index < -0.39 is 91.8 Å². The van der Waals surface area contributed by atoms with Crippen molar-refractivity contribution in [3.05, 3.63) is 181 Å². The molecule has 0 unspecified atom stereocenters. The van der Waals surface area contributed by atoms with Gasteiger partial charge in [-0.05, 0) is 90.3 Å². The van der Waals surface area contributed by atoms with Crippen molar-refractivity contribution < 1.29 is 24.7 Å². The quantitative estimate of drug-likeness (QED) is 0.165. The molecular weight excluding hydrogens is 593 g/mol. The second-order valence-electron chi connectivity index (χ2n) is 11.3. The van der Waals surface area contributed by atoms with Gasteiger partial charge in [0.25, 0.3) is 0 Å². The minimum atomic E-state index is -3.02. The van der Waals surface area contributed by atoms with E-state index in [9.17, 15) is 5.48 Å². The van der Waals surface area contributed by atoms with Gasteiger partial charge in [0.15, 0.2) is 0 Å². The number of aromatic nitrogens is 2. The SMILES string of the molecule is [2H]c1c([2H])c([2H])c(-c2ccccc2-c2c3c([2H])c([2H])c([2H])c([2H])c3c(-c3ccc(-c4ccc(-n5c(C([2H])([2H])C([2H])([2H])[2H])nc6ccccc65)cc4)cc3)c3c([2H])c([2H])c([2H])c([2H])c23)c([2H])c1[2H]. The molecular formula is C47H34N2. The first kappa shape index (κ1) is 15.8. The minimum Gasteiger partial charge on any atom is -0.296 e. The highest BCUT2D eigenvalue weighted by atomic mass is 15.1. The Morgan fingerprint density at radius 3 is 1.71 bits per heavy atom. The van der Waals surface area contributed by atoms with Crippen molar-refractivity contribution in [1.82, 2.24) is 9.55 Å². The van der Waals surface area contributed by atoms with Crippen LogP contribution in [0, 0.1) is 0 Å². The van der Waals surface area contributed by atoms with Crippen molar-refractivity contribution >= 4 is 32.6 Å². The molecule has 0 aliphatic rings. The van der Waals surface area contributed by atoms with Crippen LogP contribution in [0.2, 0.25) is 0 Å². The summed E-state index contributed by atoms with van der Waals surface area (Å²) < 4.78 is 158. The van der Waals surface area contributed by atoms with E-state index in [1.54, 1.807) is 84.9 Å². The summed E-state index contributed by atoms with van der Waals surface area (Å²) in [6.07, 6.45) is -2.80. The summed E-state index contributed by atoms with van der Waals surface area (Å²) in [5.74, 6) is -0.287. The molecule has 0 saturated carbocycles. The fourth-order valence-electron chi connectivity index (χ4n) is 6.49. The van der Waals surface area contributed by atoms with Crippen molar-refractivity contribution in [2.75, 3.05) is 0 Å². The van der Waals surface area contributed by atoms with E-state index in [2.05, 4.69) is 4.98 Å². The third kappa shape index (κ3) is 4.92. The van der Waals surface area contributed by atoms with Crippen LogP contribution < -0.4 is 0 Å². The highest BCUT2D eigenvalue weighted by Gasteiger charge is 2.19. The molecule has 0 spiro atoms. The summed E-state index contributed by atoms with van der Waals surface area (Å²) in [5.41, 5.74) is 3.01. The molecule has 9 aromatic rings. The Balaban J connectivity index is 1.29. The molecule has 0 bridgehead atoms. The first-order valence-electron chi connectivity index (χ1n) is 24.4. The van der Waals surface area contributed by atoms with Crippen LogP contribution in [0.3, 0.4) is 0 Å². The number of hydrogen-bond donors (Lipinski definition) is 0. The van der Waals surface area contributed by atoms with Gasteiger partial charge >= 0.3 is 0 Å². The van der Waals surface area contributed by atoms with E-state index in [1.165, 1.54) is 16.7 Å². The Kier molecular flexibility index (Phi) is 3.89. The van der Waals surface area contributed by atoms with Crippen LogP contribution >= 0.6 is 0 Å². The normalized spacial score (nSPS) is 17.2. The zero-order valence-corrected chi connectivity index (χ0v) is 25.6. The summed E-state index contributed by atoms with van der Waals surface area (Å²) >= 11 is 0. The smallest absolute Gasteiger partial charge is 0.114 e. The van der Waals surface area contributed by atoms with Gasteiger partial charge in [0.05, 0.1) is 28.9 Å². The molecule has 49 heavy (non-hydrogen) atoms. The van der Waals surface area contributed by atoms with Crippen molar-refractivity contribution in [3.63, 3.8) is 0 Å². The van der Waals surface area contributed by atoms with Gasteiger partial charge in [0.1, 0.15) is 5.82 Å². The van der Waals surface area contributed by atoms with Crippen molar-refractivity contribution in [1.29, 1.82) is 0 Å². The fraction of sp³-hybridized carbons (Fsp3) is 0.0426. The molecule has 1 heterocycles. The molecule has 8 aromatic carbocycles. The third-order valence-electron chi connectivity index (χ3n) is 8.65. The topological polar surface area (TPSA) is 17.8 Å². The number of para-hydroxylation sites is 2. The molecule has 2 heteroatoms. The summed E-state index contributed by atoms with van der Waals surface area (Å²) in [7, 11) is 0. The molecule has 0 saturated heterocycles. The van der Waals surface area contributed by atoms with Crippen molar-refractivity contribution in [2.24, 2.45) is 0 Å². The van der Waals surface area contributed by atoms with Gasteiger partial charge in [-0.15, -0.1) is 0 Å². The van der Waals surface area contributed by atoms with Crippen LogP contribution in [0.4, 0.5) is 0 Å². The van der Waals surface area contributed by atoms with Crippen molar-refractivity contribution in [2.45, 2.75) is 13.2 Å². The fourth-order valence-corrected chi connectivity index (χ4v) is 6.49. The Labute approximate surface area is 311 Å². The predicted octanol–water partition coefficient (Wildman–Crippen LogP) is 12.6. The lowest BCUT2D eigenvalue weighted by Crippen LogP contribution is -1.99. The Hall–Kier alpha value is -6.25. The van der Waals surface area contributed by atoms with Gasteiger partial charge in [0.2, 0.25) is 0 Å². The van der Waals surface area contributed by atoms with Gasteiger partial charge in [0, 0.05) is 18.9 Å². The van der Waals surface area contributed by atoms with Crippen LogP contribution in [0.25, 0.3) is 82.8 Å². The van der Waals surface area contributed by atoms with Gasteiger partial charge < -0.3 is 0 Å². The van der Waals surface area contributed by atoms with Crippen molar-refractivity contribution in [3.8, 4) is 50.2 Å². The number of nitrogens with zero attached hydrogens (tertiary/aromatic N) is 2. The highest BCUT2D eigenvalue weighted by Crippen LogP contribution is 2.46. The lowest BCUT2D eigenvalue weighted by atomic mass is 9.83. The number of rotatable bonds is 6. The van der Waals surface area contributed by atoms with Crippen LogP contribution in [-0.4, -0.2) is 9.55 Å². The molecule has 0 atom stereocenters. The zero-order valence-electron chi connectivity index (χ0n) is 43.6. The van der Waals surface area contributed by atoms with E-state index in [0.717, 1.165) is 0 Å². The average molecular weight is 645 g/mol. The van der Waals surface area contributed by atoms with Crippen LogP contribution in [0.5, 0.6) is 0 Å². The molecule has 0 aliphatic heterocycles. The van der Waals surface area contributed by atoms with Gasteiger partial charge in [-0.2, -0.15) is 0 Å². The van der Waals surface area contributed by atoms with E-state index >= 15 is 0 Å². The number of imidazole rings is 1.